The van der Waals surface area contributed by atoms with E-state index < -0.39 is 7.75 Å². The maximum atomic E-state index is 11.9. The Morgan fingerprint density at radius 2 is 1.15 bits per heavy atom. The molecular weight excluding hydrogens is 345 g/mol. The van der Waals surface area contributed by atoms with Crippen LogP contribution in [0.15, 0.2) is 30.6 Å². The summed E-state index contributed by atoms with van der Waals surface area (Å²) in [6.45, 7) is 2.54. The predicted octanol–water partition coefficient (Wildman–Crippen LogP) is 5.79. The molecule has 150 valence electrons. The molecule has 0 fully saturated rings. The number of nitrogens with zero attached hydrogens (tertiary/aromatic N) is 1. The van der Waals surface area contributed by atoms with Crippen LogP contribution in [0.2, 0.25) is 0 Å². The largest absolute Gasteiger partial charge is 0.722 e. The summed E-state index contributed by atoms with van der Waals surface area (Å²) in [5.41, 5.74) is 0. The van der Waals surface area contributed by atoms with Crippen LogP contribution in [0.1, 0.15) is 96.8 Å². The number of rotatable bonds is 17. The van der Waals surface area contributed by atoms with E-state index in [0.29, 0.717) is 0 Å². The molecule has 4 nitrogen and oxygen atoms in total. The van der Waals surface area contributed by atoms with Gasteiger partial charge in [0.25, 0.3) is 0 Å². The van der Waals surface area contributed by atoms with E-state index in [2.05, 4.69) is 6.92 Å². The Bertz CT molecular complexity index is 481. The van der Waals surface area contributed by atoms with E-state index in [4.69, 9.17) is 4.52 Å². The summed E-state index contributed by atoms with van der Waals surface area (Å²) >= 11 is 0. The molecule has 26 heavy (non-hydrogen) atoms. The highest BCUT2D eigenvalue weighted by Gasteiger charge is 2.19. The van der Waals surface area contributed by atoms with Gasteiger partial charge in [0.1, 0.15) is 0 Å². The highest BCUT2D eigenvalue weighted by atomic mass is 31.2. The molecule has 0 bridgehead atoms. The summed E-state index contributed by atoms with van der Waals surface area (Å²) < 4.78 is 18.2. The van der Waals surface area contributed by atoms with E-state index in [1.54, 1.807) is 18.2 Å². The monoisotopic (exact) mass is 383 g/mol. The molecule has 1 rings (SSSR count). The summed E-state index contributed by atoms with van der Waals surface area (Å²) in [5, 5.41) is 0. The molecule has 0 N–H and O–H groups in total. The summed E-state index contributed by atoms with van der Waals surface area (Å²) in [6, 6.07) is 5.14. The zero-order chi connectivity index (χ0) is 18.9. The second kappa shape index (κ2) is 15.4. The minimum absolute atomic E-state index is 0.278. The van der Waals surface area contributed by atoms with Crippen LogP contribution in [0.5, 0.6) is 0 Å². The van der Waals surface area contributed by atoms with Crippen LogP contribution in [0.3, 0.4) is 0 Å². The van der Waals surface area contributed by atoms with Crippen molar-refractivity contribution in [1.82, 2.24) is 0 Å². The molecule has 1 unspecified atom stereocenters. The van der Waals surface area contributed by atoms with Gasteiger partial charge in [0.2, 0.25) is 0 Å². The van der Waals surface area contributed by atoms with Gasteiger partial charge >= 0.3 is 7.75 Å². The van der Waals surface area contributed by atoms with Gasteiger partial charge < -0.3 is 4.89 Å². The molecule has 0 radical (unpaired) electrons. The quantitative estimate of drug-likeness (QED) is 0.253. The Balaban J connectivity index is 1.86. The van der Waals surface area contributed by atoms with Gasteiger partial charge in [0.15, 0.2) is 12.4 Å². The first kappa shape index (κ1) is 23.3. The zero-order valence-corrected chi connectivity index (χ0v) is 17.5. The number of hydrogen-bond acceptors (Lipinski definition) is 3. The first-order chi connectivity index (χ1) is 12.7. The number of aromatic nitrogens is 1. The van der Waals surface area contributed by atoms with Gasteiger partial charge in [-0.3, -0.25) is 4.52 Å². The molecule has 0 spiro atoms. The van der Waals surface area contributed by atoms with Gasteiger partial charge in [-0.15, -0.1) is 0 Å². The minimum atomic E-state index is -3.96. The first-order valence-corrected chi connectivity index (χ1v) is 12.1. The van der Waals surface area contributed by atoms with Gasteiger partial charge in [-0.1, -0.05) is 96.5 Å². The van der Waals surface area contributed by atoms with Crippen molar-refractivity contribution in [2.24, 2.45) is 0 Å². The molecule has 5 heteroatoms. The summed E-state index contributed by atoms with van der Waals surface area (Å²) in [6.07, 6.45) is 21.0. The summed E-state index contributed by atoms with van der Waals surface area (Å²) in [5.74, 6) is 0. The van der Waals surface area contributed by atoms with Crippen molar-refractivity contribution in [2.45, 2.75) is 96.8 Å². The minimum Gasteiger partial charge on any atom is -0.722 e. The molecule has 1 heterocycles. The number of unbranched alkanes of at least 4 members (excludes halogenated alkanes) is 13. The van der Waals surface area contributed by atoms with Crippen LogP contribution >= 0.6 is 7.75 Å². The summed E-state index contributed by atoms with van der Waals surface area (Å²) in [7, 11) is -3.96. The standard InChI is InChI=1S/C21H38NO3P/c1-2-3-4-5-6-7-8-9-10-11-12-13-14-18-21-25-26(23,24)22-19-16-15-17-20-22/h15-17,19-20H,2-14,18,21H2,1H3. The Hall–Kier alpha value is -0.700. The van der Waals surface area contributed by atoms with E-state index >= 15 is 0 Å². The van der Waals surface area contributed by atoms with Crippen molar-refractivity contribution in [3.63, 3.8) is 0 Å². The van der Waals surface area contributed by atoms with Crippen LogP contribution in [0.4, 0.5) is 0 Å². The van der Waals surface area contributed by atoms with Gasteiger partial charge in [-0.2, -0.15) is 4.34 Å². The molecule has 0 aliphatic heterocycles. The molecule has 0 amide bonds. The lowest BCUT2D eigenvalue weighted by molar-refractivity contribution is -0.573. The fourth-order valence-electron chi connectivity index (χ4n) is 3.10. The molecule has 0 saturated carbocycles. The zero-order valence-electron chi connectivity index (χ0n) is 16.6. The van der Waals surface area contributed by atoms with Crippen molar-refractivity contribution < 1.29 is 18.3 Å². The maximum Gasteiger partial charge on any atom is 0.407 e. The van der Waals surface area contributed by atoms with Crippen molar-refractivity contribution in [3.8, 4) is 0 Å². The van der Waals surface area contributed by atoms with Gasteiger partial charge in [0.05, 0.1) is 6.61 Å². The lowest BCUT2D eigenvalue weighted by Crippen LogP contribution is -2.36. The molecule has 1 aromatic heterocycles. The van der Waals surface area contributed by atoms with Crippen molar-refractivity contribution >= 4 is 7.75 Å². The molecule has 0 aliphatic rings. The molecule has 0 saturated heterocycles. The van der Waals surface area contributed by atoms with E-state index in [1.807, 2.05) is 0 Å². The van der Waals surface area contributed by atoms with Crippen molar-refractivity contribution in [2.75, 3.05) is 6.61 Å². The molecular formula is C21H38NO3P. The number of hydrogen-bond donors (Lipinski definition) is 0. The van der Waals surface area contributed by atoms with Crippen LogP contribution in [-0.2, 0) is 9.09 Å². The molecule has 0 aromatic carbocycles. The SMILES string of the molecule is CCCCCCCCCCCCCCCCOP(=O)([O-])[n+]1ccccc1. The molecule has 1 atom stereocenters. The molecule has 0 aliphatic carbocycles. The fourth-order valence-corrected chi connectivity index (χ4v) is 4.07. The van der Waals surface area contributed by atoms with Crippen LogP contribution in [-0.4, -0.2) is 6.61 Å². The second-order valence-electron chi connectivity index (χ2n) is 7.15. The Morgan fingerprint density at radius 1 is 0.731 bits per heavy atom. The Morgan fingerprint density at radius 3 is 1.62 bits per heavy atom. The Kier molecular flexibility index (Phi) is 13.8. The third kappa shape index (κ3) is 11.8. The maximum absolute atomic E-state index is 11.9. The highest BCUT2D eigenvalue weighted by Crippen LogP contribution is 2.30. The predicted molar refractivity (Wildman–Crippen MR) is 106 cm³/mol. The average molecular weight is 384 g/mol. The van der Waals surface area contributed by atoms with Crippen molar-refractivity contribution in [1.29, 1.82) is 0 Å². The summed E-state index contributed by atoms with van der Waals surface area (Å²) in [4.78, 5) is 11.9. The third-order valence-electron chi connectivity index (χ3n) is 4.73. The second-order valence-corrected chi connectivity index (χ2v) is 8.81. The van der Waals surface area contributed by atoms with Crippen LogP contribution < -0.4 is 9.23 Å². The van der Waals surface area contributed by atoms with Gasteiger partial charge in [0, 0.05) is 12.1 Å². The van der Waals surface area contributed by atoms with E-state index in [-0.39, 0.29) is 6.61 Å². The first-order valence-electron chi connectivity index (χ1n) is 10.6. The van der Waals surface area contributed by atoms with Gasteiger partial charge in [-0.25, -0.2) is 4.57 Å². The Labute approximate surface area is 160 Å². The lowest BCUT2D eigenvalue weighted by atomic mass is 10.0. The van der Waals surface area contributed by atoms with E-state index in [0.717, 1.165) is 17.2 Å². The highest BCUT2D eigenvalue weighted by molar-refractivity contribution is 7.43. The number of pyridine rings is 1. The fraction of sp³-hybridized carbons (Fsp3) is 0.762. The third-order valence-corrected chi connectivity index (χ3v) is 6.08. The smallest absolute Gasteiger partial charge is 0.407 e. The van der Waals surface area contributed by atoms with Crippen LogP contribution in [0.25, 0.3) is 0 Å². The van der Waals surface area contributed by atoms with Crippen molar-refractivity contribution in [3.05, 3.63) is 30.6 Å². The lowest BCUT2D eigenvalue weighted by Gasteiger charge is -2.15. The van der Waals surface area contributed by atoms with Crippen LogP contribution in [0, 0.1) is 0 Å². The normalized spacial score (nSPS) is 13.6. The van der Waals surface area contributed by atoms with E-state index in [1.165, 1.54) is 89.4 Å². The van der Waals surface area contributed by atoms with Gasteiger partial charge in [-0.05, 0) is 6.42 Å². The average Bonchev–Trinajstić information content (AvgIpc) is 2.65. The topological polar surface area (TPSA) is 53.2 Å². The molecule has 1 aromatic rings. The van der Waals surface area contributed by atoms with E-state index in [9.17, 15) is 9.46 Å².